The summed E-state index contributed by atoms with van der Waals surface area (Å²) in [4.78, 5) is 4.44. The molecule has 0 atom stereocenters. The average Bonchev–Trinajstić information content (AvgIpc) is 2.57. The molecule has 3 aromatic rings. The molecule has 3 rings (SSSR count). The van der Waals surface area contributed by atoms with Gasteiger partial charge in [0.2, 0.25) is 5.95 Å². The summed E-state index contributed by atoms with van der Waals surface area (Å²) in [5, 5.41) is 14.5. The van der Waals surface area contributed by atoms with Crippen LogP contribution in [0.3, 0.4) is 0 Å². The molecule has 1 heterocycles. The number of rotatable bonds is 5. The van der Waals surface area contributed by atoms with Crippen LogP contribution in [0, 0.1) is 13.8 Å². The van der Waals surface area contributed by atoms with Crippen LogP contribution in [0.15, 0.2) is 54.7 Å². The van der Waals surface area contributed by atoms with Crippen molar-refractivity contribution in [1.82, 2.24) is 15.2 Å². The van der Waals surface area contributed by atoms with Crippen molar-refractivity contribution >= 4 is 17.5 Å². The normalized spacial score (nSPS) is 10.3. The molecular formula is C18H19N5. The van der Waals surface area contributed by atoms with Crippen LogP contribution in [-0.2, 0) is 6.54 Å². The van der Waals surface area contributed by atoms with Crippen molar-refractivity contribution < 1.29 is 0 Å². The van der Waals surface area contributed by atoms with Crippen LogP contribution < -0.4 is 10.6 Å². The molecule has 0 saturated heterocycles. The lowest BCUT2D eigenvalue weighted by molar-refractivity contribution is 0.964. The Balaban J connectivity index is 1.67. The Morgan fingerprint density at radius 3 is 2.52 bits per heavy atom. The summed E-state index contributed by atoms with van der Waals surface area (Å²) in [6.07, 6.45) is 1.62. The molecule has 2 N–H and O–H groups in total. The first-order chi connectivity index (χ1) is 11.2. The SMILES string of the molecule is Cc1ccc(Nc2nncc(NCc3ccccc3C)n2)cc1. The fourth-order valence-corrected chi connectivity index (χ4v) is 2.20. The van der Waals surface area contributed by atoms with Crippen LogP contribution in [0.2, 0.25) is 0 Å². The molecular weight excluding hydrogens is 286 g/mol. The second-order valence-corrected chi connectivity index (χ2v) is 5.44. The van der Waals surface area contributed by atoms with Gasteiger partial charge in [0.15, 0.2) is 5.82 Å². The zero-order chi connectivity index (χ0) is 16.1. The van der Waals surface area contributed by atoms with E-state index in [-0.39, 0.29) is 0 Å². The van der Waals surface area contributed by atoms with Gasteiger partial charge in [0.05, 0.1) is 6.20 Å². The minimum atomic E-state index is 0.476. The lowest BCUT2D eigenvalue weighted by atomic mass is 10.1. The molecule has 0 amide bonds. The molecule has 0 bridgehead atoms. The van der Waals surface area contributed by atoms with Gasteiger partial charge in [-0.05, 0) is 37.1 Å². The molecule has 0 aliphatic carbocycles. The second kappa shape index (κ2) is 6.87. The first kappa shape index (κ1) is 15.0. The van der Waals surface area contributed by atoms with Crippen molar-refractivity contribution in [2.45, 2.75) is 20.4 Å². The molecule has 0 aliphatic rings. The predicted octanol–water partition coefficient (Wildman–Crippen LogP) is 3.84. The van der Waals surface area contributed by atoms with Gasteiger partial charge in [-0.1, -0.05) is 42.0 Å². The van der Waals surface area contributed by atoms with E-state index in [1.165, 1.54) is 16.7 Å². The molecule has 23 heavy (non-hydrogen) atoms. The molecule has 5 heteroatoms. The van der Waals surface area contributed by atoms with Crippen molar-refractivity contribution in [3.8, 4) is 0 Å². The molecule has 1 aromatic heterocycles. The van der Waals surface area contributed by atoms with Gasteiger partial charge in [-0.2, -0.15) is 10.1 Å². The van der Waals surface area contributed by atoms with Crippen LogP contribution in [0.25, 0.3) is 0 Å². The Hall–Kier alpha value is -2.95. The minimum absolute atomic E-state index is 0.476. The zero-order valence-electron chi connectivity index (χ0n) is 13.2. The molecule has 0 unspecified atom stereocenters. The molecule has 0 spiro atoms. The van der Waals surface area contributed by atoms with Crippen LogP contribution in [0.5, 0.6) is 0 Å². The van der Waals surface area contributed by atoms with Crippen molar-refractivity contribution in [2.75, 3.05) is 10.6 Å². The quantitative estimate of drug-likeness (QED) is 0.750. The Bertz CT molecular complexity index is 783. The fraction of sp³-hybridized carbons (Fsp3) is 0.167. The lowest BCUT2D eigenvalue weighted by Crippen LogP contribution is -2.06. The van der Waals surface area contributed by atoms with Gasteiger partial charge in [0, 0.05) is 12.2 Å². The van der Waals surface area contributed by atoms with E-state index in [4.69, 9.17) is 0 Å². The molecule has 0 saturated carbocycles. The van der Waals surface area contributed by atoms with Gasteiger partial charge >= 0.3 is 0 Å². The summed E-state index contributed by atoms with van der Waals surface area (Å²) >= 11 is 0. The van der Waals surface area contributed by atoms with E-state index < -0.39 is 0 Å². The molecule has 0 radical (unpaired) electrons. The summed E-state index contributed by atoms with van der Waals surface area (Å²) in [7, 11) is 0. The van der Waals surface area contributed by atoms with Crippen LogP contribution in [0.4, 0.5) is 17.5 Å². The molecule has 0 aliphatic heterocycles. The van der Waals surface area contributed by atoms with Crippen molar-refractivity contribution in [1.29, 1.82) is 0 Å². The van der Waals surface area contributed by atoms with E-state index in [0.717, 1.165) is 5.69 Å². The van der Waals surface area contributed by atoms with E-state index in [9.17, 15) is 0 Å². The highest BCUT2D eigenvalue weighted by Crippen LogP contribution is 2.15. The first-order valence-electron chi connectivity index (χ1n) is 7.52. The van der Waals surface area contributed by atoms with Gasteiger partial charge in [-0.25, -0.2) is 0 Å². The average molecular weight is 305 g/mol. The van der Waals surface area contributed by atoms with Crippen molar-refractivity contribution in [2.24, 2.45) is 0 Å². The maximum absolute atomic E-state index is 4.44. The summed E-state index contributed by atoms with van der Waals surface area (Å²) in [6.45, 7) is 4.85. The van der Waals surface area contributed by atoms with E-state index in [2.05, 4.69) is 51.8 Å². The third-order valence-electron chi connectivity index (χ3n) is 3.59. The summed E-state index contributed by atoms with van der Waals surface area (Å²) in [5.41, 5.74) is 4.64. The largest absolute Gasteiger partial charge is 0.365 e. The van der Waals surface area contributed by atoms with Crippen molar-refractivity contribution in [3.63, 3.8) is 0 Å². The number of aromatic nitrogens is 3. The summed E-state index contributed by atoms with van der Waals surface area (Å²) < 4.78 is 0. The number of nitrogens with zero attached hydrogens (tertiary/aromatic N) is 3. The number of hydrogen-bond acceptors (Lipinski definition) is 5. The standard InChI is InChI=1S/C18H19N5/c1-13-7-9-16(10-8-13)21-18-22-17(12-20-23-18)19-11-15-6-4-3-5-14(15)2/h3-10,12H,11H2,1-2H3,(H2,19,21,22,23). The number of benzene rings is 2. The third kappa shape index (κ3) is 4.03. The smallest absolute Gasteiger partial charge is 0.249 e. The molecule has 2 aromatic carbocycles. The lowest BCUT2D eigenvalue weighted by Gasteiger charge is -2.09. The minimum Gasteiger partial charge on any atom is -0.365 e. The van der Waals surface area contributed by atoms with Gasteiger partial charge in [-0.3, -0.25) is 0 Å². The monoisotopic (exact) mass is 305 g/mol. The number of aryl methyl sites for hydroxylation is 2. The van der Waals surface area contributed by atoms with Crippen LogP contribution in [-0.4, -0.2) is 15.2 Å². The Kier molecular flexibility index (Phi) is 4.47. The topological polar surface area (TPSA) is 62.7 Å². The Labute approximate surface area is 135 Å². The van der Waals surface area contributed by atoms with Crippen LogP contribution >= 0.6 is 0 Å². The highest BCUT2D eigenvalue weighted by molar-refractivity contribution is 5.54. The first-order valence-corrected chi connectivity index (χ1v) is 7.52. The molecule has 116 valence electrons. The van der Waals surface area contributed by atoms with Gasteiger partial charge in [0.1, 0.15) is 0 Å². The highest BCUT2D eigenvalue weighted by atomic mass is 15.3. The van der Waals surface area contributed by atoms with Gasteiger partial charge in [-0.15, -0.1) is 5.10 Å². The zero-order valence-corrected chi connectivity index (χ0v) is 13.2. The fourth-order valence-electron chi connectivity index (χ4n) is 2.20. The Morgan fingerprint density at radius 2 is 1.74 bits per heavy atom. The number of nitrogens with one attached hydrogen (secondary N) is 2. The number of anilines is 3. The third-order valence-corrected chi connectivity index (χ3v) is 3.59. The molecule has 5 nitrogen and oxygen atoms in total. The highest BCUT2D eigenvalue weighted by Gasteiger charge is 2.02. The summed E-state index contributed by atoms with van der Waals surface area (Å²) in [5.74, 6) is 1.17. The van der Waals surface area contributed by atoms with Crippen molar-refractivity contribution in [3.05, 3.63) is 71.4 Å². The van der Waals surface area contributed by atoms with E-state index in [1.54, 1.807) is 6.20 Å². The van der Waals surface area contributed by atoms with Crippen LogP contribution in [0.1, 0.15) is 16.7 Å². The van der Waals surface area contributed by atoms with Gasteiger partial charge in [0.25, 0.3) is 0 Å². The number of hydrogen-bond donors (Lipinski definition) is 2. The van der Waals surface area contributed by atoms with Gasteiger partial charge < -0.3 is 10.6 Å². The Morgan fingerprint density at radius 1 is 0.957 bits per heavy atom. The summed E-state index contributed by atoms with van der Waals surface area (Å²) in [6, 6.07) is 16.3. The predicted molar refractivity (Wildman–Crippen MR) is 92.8 cm³/mol. The van der Waals surface area contributed by atoms with E-state index in [1.807, 2.05) is 36.4 Å². The second-order valence-electron chi connectivity index (χ2n) is 5.44. The maximum Gasteiger partial charge on any atom is 0.249 e. The maximum atomic E-state index is 4.44. The molecule has 0 fully saturated rings. The van der Waals surface area contributed by atoms with E-state index >= 15 is 0 Å². The van der Waals surface area contributed by atoms with E-state index in [0.29, 0.717) is 18.3 Å².